The summed E-state index contributed by atoms with van der Waals surface area (Å²) in [7, 11) is 0. The van der Waals surface area contributed by atoms with Gasteiger partial charge in [0, 0.05) is 42.3 Å². The third kappa shape index (κ3) is 4.15. The van der Waals surface area contributed by atoms with Crippen LogP contribution in [0.2, 0.25) is 0 Å². The average molecular weight is 343 g/mol. The van der Waals surface area contributed by atoms with E-state index in [-0.39, 0.29) is 18.2 Å². The second-order valence-corrected chi connectivity index (χ2v) is 7.90. The number of aromatic nitrogens is 1. The van der Waals surface area contributed by atoms with Crippen LogP contribution in [0, 0.1) is 0 Å². The van der Waals surface area contributed by atoms with Crippen molar-refractivity contribution in [3.63, 3.8) is 0 Å². The average Bonchev–Trinajstić information content (AvgIpc) is 3.01. The molecule has 0 spiro atoms. The number of ether oxygens (including phenoxy) is 1. The van der Waals surface area contributed by atoms with Crippen molar-refractivity contribution < 1.29 is 9.53 Å². The smallest absolute Gasteiger partial charge is 0.410 e. The van der Waals surface area contributed by atoms with Crippen LogP contribution < -0.4 is 5.32 Å². The molecule has 1 aromatic carbocycles. The fourth-order valence-electron chi connectivity index (χ4n) is 3.54. The van der Waals surface area contributed by atoms with E-state index in [0.29, 0.717) is 0 Å². The zero-order valence-electron chi connectivity index (χ0n) is 15.6. The largest absolute Gasteiger partial charge is 0.444 e. The van der Waals surface area contributed by atoms with Gasteiger partial charge < -0.3 is 19.9 Å². The molecule has 1 saturated heterocycles. The highest BCUT2D eigenvalue weighted by Crippen LogP contribution is 2.22. The van der Waals surface area contributed by atoms with Crippen LogP contribution in [0.25, 0.3) is 10.9 Å². The van der Waals surface area contributed by atoms with Gasteiger partial charge >= 0.3 is 6.09 Å². The Bertz CT molecular complexity index is 732. The molecule has 1 aromatic heterocycles. The lowest BCUT2D eigenvalue weighted by Gasteiger charge is -2.40. The molecular formula is C20H29N3O2. The van der Waals surface area contributed by atoms with Crippen LogP contribution in [0.3, 0.4) is 0 Å². The maximum atomic E-state index is 12.5. The molecule has 1 fully saturated rings. The van der Waals surface area contributed by atoms with Crippen molar-refractivity contribution in [1.82, 2.24) is 15.2 Å². The first kappa shape index (κ1) is 17.8. The normalized spacial score (nSPS) is 21.5. The molecule has 5 heteroatoms. The van der Waals surface area contributed by atoms with Gasteiger partial charge in [0.15, 0.2) is 0 Å². The number of hydrogen-bond acceptors (Lipinski definition) is 3. The van der Waals surface area contributed by atoms with E-state index in [1.165, 1.54) is 10.9 Å². The lowest BCUT2D eigenvalue weighted by Crippen LogP contribution is -2.55. The Hall–Kier alpha value is -2.01. The van der Waals surface area contributed by atoms with E-state index in [2.05, 4.69) is 41.5 Å². The van der Waals surface area contributed by atoms with Gasteiger partial charge in [-0.15, -0.1) is 0 Å². The summed E-state index contributed by atoms with van der Waals surface area (Å²) >= 11 is 0. The van der Waals surface area contributed by atoms with E-state index in [0.717, 1.165) is 31.4 Å². The number of nitrogens with one attached hydrogen (secondary N) is 2. The lowest BCUT2D eigenvalue weighted by atomic mass is 9.97. The fourth-order valence-corrected chi connectivity index (χ4v) is 3.54. The Morgan fingerprint density at radius 2 is 2.16 bits per heavy atom. The molecule has 0 aliphatic carbocycles. The molecular weight excluding hydrogens is 314 g/mol. The quantitative estimate of drug-likeness (QED) is 0.884. The summed E-state index contributed by atoms with van der Waals surface area (Å²) in [6.45, 7) is 9.40. The number of carbonyl (C=O) groups excluding carboxylic acids is 1. The summed E-state index contributed by atoms with van der Waals surface area (Å²) in [5.41, 5.74) is 1.98. The minimum absolute atomic E-state index is 0.119. The molecule has 0 bridgehead atoms. The van der Waals surface area contributed by atoms with Crippen LogP contribution in [0.5, 0.6) is 0 Å². The molecule has 2 aromatic rings. The Labute approximate surface area is 149 Å². The van der Waals surface area contributed by atoms with E-state index in [4.69, 9.17) is 4.74 Å². The molecule has 2 unspecified atom stereocenters. The van der Waals surface area contributed by atoms with Gasteiger partial charge in [0.05, 0.1) is 0 Å². The summed E-state index contributed by atoms with van der Waals surface area (Å²) in [5, 5.41) is 4.91. The Kier molecular flexibility index (Phi) is 5.04. The van der Waals surface area contributed by atoms with Gasteiger partial charge in [-0.25, -0.2) is 4.79 Å². The molecule has 2 N–H and O–H groups in total. The third-order valence-electron chi connectivity index (χ3n) is 4.86. The molecule has 3 rings (SSSR count). The van der Waals surface area contributed by atoms with Crippen molar-refractivity contribution in [2.24, 2.45) is 0 Å². The molecule has 2 atom stereocenters. The highest BCUT2D eigenvalue weighted by molar-refractivity contribution is 5.82. The number of H-pyrrole nitrogens is 1. The summed E-state index contributed by atoms with van der Waals surface area (Å²) < 4.78 is 5.56. The first-order chi connectivity index (χ1) is 11.8. The van der Waals surface area contributed by atoms with Crippen molar-refractivity contribution in [3.05, 3.63) is 36.0 Å². The molecule has 5 nitrogen and oxygen atoms in total. The van der Waals surface area contributed by atoms with E-state index in [1.54, 1.807) is 0 Å². The van der Waals surface area contributed by atoms with Crippen LogP contribution >= 0.6 is 0 Å². The summed E-state index contributed by atoms with van der Waals surface area (Å²) in [6.07, 6.45) is 3.83. The number of benzene rings is 1. The van der Waals surface area contributed by atoms with Gasteiger partial charge in [-0.1, -0.05) is 12.1 Å². The predicted molar refractivity (Wildman–Crippen MR) is 101 cm³/mol. The Morgan fingerprint density at radius 3 is 2.92 bits per heavy atom. The van der Waals surface area contributed by atoms with Gasteiger partial charge in [-0.3, -0.25) is 0 Å². The number of hydrogen-bond donors (Lipinski definition) is 2. The van der Waals surface area contributed by atoms with Gasteiger partial charge in [-0.2, -0.15) is 0 Å². The first-order valence-electron chi connectivity index (χ1n) is 9.13. The van der Waals surface area contributed by atoms with Crippen LogP contribution in [-0.4, -0.2) is 40.2 Å². The molecule has 0 saturated carbocycles. The van der Waals surface area contributed by atoms with Gasteiger partial charge in [0.25, 0.3) is 0 Å². The number of likely N-dealkylation sites (tertiary alicyclic amines) is 1. The van der Waals surface area contributed by atoms with Crippen LogP contribution in [0.1, 0.15) is 46.1 Å². The highest BCUT2D eigenvalue weighted by atomic mass is 16.6. The molecule has 1 aliphatic heterocycles. The van der Waals surface area contributed by atoms with Gasteiger partial charge in [0.1, 0.15) is 5.60 Å². The van der Waals surface area contributed by atoms with E-state index in [1.807, 2.05) is 31.9 Å². The van der Waals surface area contributed by atoms with E-state index >= 15 is 0 Å². The van der Waals surface area contributed by atoms with E-state index in [9.17, 15) is 4.79 Å². The maximum absolute atomic E-state index is 12.5. The summed E-state index contributed by atoms with van der Waals surface area (Å²) in [5.74, 6) is 0. The zero-order valence-corrected chi connectivity index (χ0v) is 15.6. The summed E-state index contributed by atoms with van der Waals surface area (Å²) in [4.78, 5) is 17.6. The number of rotatable bonds is 3. The summed E-state index contributed by atoms with van der Waals surface area (Å²) in [6, 6.07) is 8.83. The van der Waals surface area contributed by atoms with Crippen molar-refractivity contribution in [3.8, 4) is 0 Å². The Morgan fingerprint density at radius 1 is 1.36 bits per heavy atom. The number of aromatic amines is 1. The standard InChI is InChI=1S/C20H29N3O2/c1-14-17(9-6-12-23(14)19(24)25-20(2,3)4)22-13-15-7-5-8-18-16(15)10-11-21-18/h5,7-8,10-11,14,17,21-22H,6,9,12-13H2,1-4H3. The number of carbonyl (C=O) groups is 1. The monoisotopic (exact) mass is 343 g/mol. The third-order valence-corrected chi connectivity index (χ3v) is 4.86. The van der Waals surface area contributed by atoms with Crippen LogP contribution in [0.15, 0.2) is 30.5 Å². The number of piperidine rings is 1. The van der Waals surface area contributed by atoms with Crippen LogP contribution in [-0.2, 0) is 11.3 Å². The van der Waals surface area contributed by atoms with Gasteiger partial charge in [-0.05, 0) is 58.2 Å². The Balaban J connectivity index is 1.64. The van der Waals surface area contributed by atoms with Crippen molar-refractivity contribution >= 4 is 17.0 Å². The zero-order chi connectivity index (χ0) is 18.0. The van der Waals surface area contributed by atoms with Crippen LogP contribution in [0.4, 0.5) is 4.79 Å². The lowest BCUT2D eigenvalue weighted by molar-refractivity contribution is 0.00699. The second kappa shape index (κ2) is 7.08. The molecule has 1 aliphatic rings. The van der Waals surface area contributed by atoms with Crippen molar-refractivity contribution in [1.29, 1.82) is 0 Å². The van der Waals surface area contributed by atoms with Crippen molar-refractivity contribution in [2.45, 2.75) is 64.8 Å². The number of amides is 1. The molecule has 136 valence electrons. The van der Waals surface area contributed by atoms with E-state index < -0.39 is 5.60 Å². The molecule has 2 heterocycles. The SMILES string of the molecule is CC1C(NCc2cccc3[nH]ccc23)CCCN1C(=O)OC(C)(C)C. The molecule has 1 amide bonds. The molecule has 0 radical (unpaired) electrons. The minimum Gasteiger partial charge on any atom is -0.444 e. The first-order valence-corrected chi connectivity index (χ1v) is 9.13. The predicted octanol–water partition coefficient (Wildman–Crippen LogP) is 4.05. The minimum atomic E-state index is -0.457. The number of nitrogens with zero attached hydrogens (tertiary/aromatic N) is 1. The fraction of sp³-hybridized carbons (Fsp3) is 0.550. The second-order valence-electron chi connectivity index (χ2n) is 7.90. The van der Waals surface area contributed by atoms with Gasteiger partial charge in [0.2, 0.25) is 0 Å². The maximum Gasteiger partial charge on any atom is 0.410 e. The van der Waals surface area contributed by atoms with Crippen molar-refractivity contribution in [2.75, 3.05) is 6.54 Å². The number of fused-ring (bicyclic) bond motifs is 1. The highest BCUT2D eigenvalue weighted by Gasteiger charge is 2.33. The topological polar surface area (TPSA) is 57.4 Å². The molecule has 25 heavy (non-hydrogen) atoms.